The molecule has 2 aliphatic rings. The molecule has 0 N–H and O–H groups in total. The Morgan fingerprint density at radius 2 is 2.07 bits per heavy atom. The fourth-order valence-electron chi connectivity index (χ4n) is 4.30. The SMILES string of the molecule is CC(C)(C)OC(=O)N1C2CCC1(C)CN(c1nc(Cl)nc3c(F)c(Cl)ncc13)C2. The van der Waals surface area contributed by atoms with E-state index in [4.69, 9.17) is 27.9 Å². The van der Waals surface area contributed by atoms with Gasteiger partial charge in [0.2, 0.25) is 5.28 Å². The third-order valence-corrected chi connectivity index (χ3v) is 5.84. The highest BCUT2D eigenvalue weighted by Gasteiger charge is 2.52. The smallest absolute Gasteiger partial charge is 0.411 e. The number of halogens is 3. The van der Waals surface area contributed by atoms with Crippen molar-refractivity contribution in [2.75, 3.05) is 18.0 Å². The van der Waals surface area contributed by atoms with E-state index in [9.17, 15) is 9.18 Å². The molecule has 7 nitrogen and oxygen atoms in total. The van der Waals surface area contributed by atoms with Crippen molar-refractivity contribution in [1.82, 2.24) is 19.9 Å². The Labute approximate surface area is 178 Å². The second-order valence-corrected chi connectivity index (χ2v) is 9.56. The van der Waals surface area contributed by atoms with Crippen LogP contribution in [0.2, 0.25) is 10.4 Å². The fraction of sp³-hybridized carbons (Fsp3) is 0.579. The predicted molar refractivity (Wildman–Crippen MR) is 109 cm³/mol. The van der Waals surface area contributed by atoms with E-state index < -0.39 is 17.0 Å². The number of carbonyl (C=O) groups excluding carboxylic acids is 1. The molecule has 2 aromatic rings. The average Bonchev–Trinajstić information content (AvgIpc) is 2.82. The fourth-order valence-corrected chi connectivity index (χ4v) is 4.60. The first-order valence-corrected chi connectivity index (χ1v) is 10.2. The molecule has 1 amide bonds. The van der Waals surface area contributed by atoms with Gasteiger partial charge in [-0.15, -0.1) is 0 Å². The molecule has 2 unspecified atom stereocenters. The molecule has 4 rings (SSSR count). The van der Waals surface area contributed by atoms with Crippen LogP contribution in [0.3, 0.4) is 0 Å². The van der Waals surface area contributed by atoms with E-state index in [-0.39, 0.29) is 28.1 Å². The molecule has 2 saturated heterocycles. The summed E-state index contributed by atoms with van der Waals surface area (Å²) >= 11 is 11.9. The number of nitrogens with zero attached hydrogens (tertiary/aromatic N) is 5. The predicted octanol–water partition coefficient (Wildman–Crippen LogP) is 4.45. The number of pyridine rings is 1. The summed E-state index contributed by atoms with van der Waals surface area (Å²) in [7, 11) is 0. The van der Waals surface area contributed by atoms with Crippen molar-refractivity contribution in [2.45, 2.75) is 57.7 Å². The molecule has 0 aromatic carbocycles. The average molecular weight is 442 g/mol. The zero-order valence-electron chi connectivity index (χ0n) is 16.7. The summed E-state index contributed by atoms with van der Waals surface area (Å²) in [4.78, 5) is 28.9. The van der Waals surface area contributed by atoms with Gasteiger partial charge in [0.05, 0.1) is 17.0 Å². The highest BCUT2D eigenvalue weighted by molar-refractivity contribution is 6.30. The Morgan fingerprint density at radius 3 is 2.72 bits per heavy atom. The van der Waals surface area contributed by atoms with Gasteiger partial charge in [-0.1, -0.05) is 11.6 Å². The van der Waals surface area contributed by atoms with Gasteiger partial charge in [0, 0.05) is 19.3 Å². The number of ether oxygens (including phenoxy) is 1. The summed E-state index contributed by atoms with van der Waals surface area (Å²) < 4.78 is 20.1. The van der Waals surface area contributed by atoms with Crippen LogP contribution in [0, 0.1) is 5.82 Å². The second-order valence-electron chi connectivity index (χ2n) is 8.86. The van der Waals surface area contributed by atoms with Crippen molar-refractivity contribution in [3.63, 3.8) is 0 Å². The Morgan fingerprint density at radius 1 is 1.34 bits per heavy atom. The van der Waals surface area contributed by atoms with Gasteiger partial charge in [-0.05, 0) is 52.1 Å². The lowest BCUT2D eigenvalue weighted by molar-refractivity contribution is -0.00278. The Balaban J connectivity index is 1.70. The molecular weight excluding hydrogens is 420 g/mol. The number of amides is 1. The van der Waals surface area contributed by atoms with Crippen molar-refractivity contribution in [2.24, 2.45) is 0 Å². The van der Waals surface area contributed by atoms with E-state index >= 15 is 0 Å². The van der Waals surface area contributed by atoms with Crippen LogP contribution in [0.5, 0.6) is 0 Å². The largest absolute Gasteiger partial charge is 0.444 e. The van der Waals surface area contributed by atoms with Gasteiger partial charge in [-0.25, -0.2) is 19.2 Å². The lowest BCUT2D eigenvalue weighted by Crippen LogP contribution is -2.63. The van der Waals surface area contributed by atoms with Gasteiger partial charge in [-0.2, -0.15) is 4.98 Å². The molecule has 2 fully saturated rings. The zero-order valence-corrected chi connectivity index (χ0v) is 18.2. The summed E-state index contributed by atoms with van der Waals surface area (Å²) in [5.41, 5.74) is -0.969. The van der Waals surface area contributed by atoms with Gasteiger partial charge in [-0.3, -0.25) is 4.90 Å². The molecule has 0 aliphatic carbocycles. The van der Waals surface area contributed by atoms with Crippen LogP contribution in [0.4, 0.5) is 15.0 Å². The third-order valence-electron chi connectivity index (χ3n) is 5.41. The zero-order chi connectivity index (χ0) is 21.1. The number of hydrogen-bond donors (Lipinski definition) is 0. The minimum absolute atomic E-state index is 0.0343. The Bertz CT molecular complexity index is 999. The van der Waals surface area contributed by atoms with Gasteiger partial charge in [0.15, 0.2) is 11.0 Å². The van der Waals surface area contributed by atoms with E-state index in [2.05, 4.69) is 15.0 Å². The first kappa shape index (κ1) is 20.3. The molecule has 4 heterocycles. The summed E-state index contributed by atoms with van der Waals surface area (Å²) in [6.07, 6.45) is 2.83. The maximum Gasteiger partial charge on any atom is 0.411 e. The van der Waals surface area contributed by atoms with E-state index in [1.54, 1.807) is 0 Å². The second kappa shape index (κ2) is 6.80. The third kappa shape index (κ3) is 3.57. The number of carbonyl (C=O) groups is 1. The summed E-state index contributed by atoms with van der Waals surface area (Å²) in [5.74, 6) is -0.235. The molecule has 2 atom stereocenters. The number of piperazine rings is 1. The van der Waals surface area contributed by atoms with Gasteiger partial charge in [0.1, 0.15) is 16.9 Å². The van der Waals surface area contributed by atoms with Crippen LogP contribution < -0.4 is 4.90 Å². The van der Waals surface area contributed by atoms with Gasteiger partial charge < -0.3 is 9.64 Å². The minimum Gasteiger partial charge on any atom is -0.444 e. The van der Waals surface area contributed by atoms with Crippen molar-refractivity contribution < 1.29 is 13.9 Å². The quantitative estimate of drug-likeness (QED) is 0.480. The number of aromatic nitrogens is 3. The van der Waals surface area contributed by atoms with Crippen molar-refractivity contribution in [3.05, 3.63) is 22.5 Å². The maximum absolute atomic E-state index is 14.5. The lowest BCUT2D eigenvalue weighted by Gasteiger charge is -2.47. The van der Waals surface area contributed by atoms with E-state index in [0.29, 0.717) is 24.3 Å². The lowest BCUT2D eigenvalue weighted by atomic mass is 9.98. The van der Waals surface area contributed by atoms with E-state index in [0.717, 1.165) is 12.8 Å². The van der Waals surface area contributed by atoms with Crippen molar-refractivity contribution in [3.8, 4) is 0 Å². The van der Waals surface area contributed by atoms with Crippen LogP contribution in [0.15, 0.2) is 6.20 Å². The maximum atomic E-state index is 14.5. The van der Waals surface area contributed by atoms with Crippen molar-refractivity contribution >= 4 is 46.0 Å². The number of hydrogen-bond acceptors (Lipinski definition) is 6. The molecule has 0 radical (unpaired) electrons. The van der Waals surface area contributed by atoms with Crippen LogP contribution in [0.1, 0.15) is 40.5 Å². The molecule has 2 aliphatic heterocycles. The number of rotatable bonds is 1. The molecule has 0 spiro atoms. The monoisotopic (exact) mass is 441 g/mol. The van der Waals surface area contributed by atoms with Gasteiger partial charge in [0.25, 0.3) is 0 Å². The molecule has 0 saturated carbocycles. The van der Waals surface area contributed by atoms with Crippen LogP contribution in [-0.4, -0.2) is 56.2 Å². The molecule has 10 heteroatoms. The molecule has 29 heavy (non-hydrogen) atoms. The topological polar surface area (TPSA) is 71.5 Å². The van der Waals surface area contributed by atoms with Crippen LogP contribution >= 0.6 is 23.2 Å². The number of anilines is 1. The summed E-state index contributed by atoms with van der Waals surface area (Å²) in [5, 5.41) is 0.103. The van der Waals surface area contributed by atoms with Crippen LogP contribution in [-0.2, 0) is 4.74 Å². The minimum atomic E-state index is -0.726. The first-order chi connectivity index (χ1) is 13.5. The standard InChI is InChI=1S/C19H22Cl2FN5O2/c1-18(2,3)29-17(28)27-10-5-6-19(27,4)9-26(8-10)15-11-7-23-14(20)12(22)13(11)24-16(21)25-15/h7,10H,5-6,8-9H2,1-4H3. The summed E-state index contributed by atoms with van der Waals surface area (Å²) in [6, 6.07) is -0.0440. The Hall–Kier alpha value is -1.93. The molecular formula is C19H22Cl2FN5O2. The highest BCUT2D eigenvalue weighted by atomic mass is 35.5. The van der Waals surface area contributed by atoms with Crippen molar-refractivity contribution in [1.29, 1.82) is 0 Å². The van der Waals surface area contributed by atoms with Crippen LogP contribution in [0.25, 0.3) is 10.9 Å². The normalized spacial score (nSPS) is 24.3. The summed E-state index contributed by atoms with van der Waals surface area (Å²) in [6.45, 7) is 8.63. The number of fused-ring (bicyclic) bond motifs is 3. The molecule has 156 valence electrons. The van der Waals surface area contributed by atoms with E-state index in [1.165, 1.54) is 6.20 Å². The molecule has 2 aromatic heterocycles. The first-order valence-electron chi connectivity index (χ1n) is 9.43. The van der Waals surface area contributed by atoms with Gasteiger partial charge >= 0.3 is 6.09 Å². The Kier molecular flexibility index (Phi) is 4.77. The van der Waals surface area contributed by atoms with E-state index in [1.807, 2.05) is 37.5 Å². The molecule has 2 bridgehead atoms. The highest BCUT2D eigenvalue weighted by Crippen LogP contribution is 2.42.